The van der Waals surface area contributed by atoms with Crippen molar-refractivity contribution < 1.29 is 14.4 Å². The van der Waals surface area contributed by atoms with Crippen LogP contribution >= 0.6 is 24.2 Å². The van der Waals surface area contributed by atoms with Crippen molar-refractivity contribution in [2.24, 2.45) is 5.11 Å². The second-order valence-corrected chi connectivity index (χ2v) is 10.3. The van der Waals surface area contributed by atoms with E-state index in [1.54, 1.807) is 12.1 Å². The highest BCUT2D eigenvalue weighted by molar-refractivity contribution is 7.96. The lowest BCUT2D eigenvalue weighted by Crippen LogP contribution is -2.13. The van der Waals surface area contributed by atoms with Crippen LogP contribution in [0, 0.1) is 0 Å². The number of hydrogen-bond acceptors (Lipinski definition) is 4. The monoisotopic (exact) mass is 600 g/mol. The molecule has 9 heteroatoms. The highest BCUT2D eigenvalue weighted by atomic mass is 35.5. The van der Waals surface area contributed by atoms with Crippen molar-refractivity contribution in [3.05, 3.63) is 122 Å². The van der Waals surface area contributed by atoms with E-state index in [2.05, 4.69) is 53.6 Å². The summed E-state index contributed by atoms with van der Waals surface area (Å²) >= 11 is 9.41. The molecular formula is C33H33ClN4O3S. The summed E-state index contributed by atoms with van der Waals surface area (Å²) in [5.74, 6) is -1.88. The van der Waals surface area contributed by atoms with Gasteiger partial charge in [0.2, 0.25) is 5.78 Å². The molecule has 0 radical (unpaired) electrons. The van der Waals surface area contributed by atoms with Gasteiger partial charge in [0.15, 0.2) is 5.12 Å². The van der Waals surface area contributed by atoms with Crippen molar-refractivity contribution >= 4 is 64.1 Å². The lowest BCUT2D eigenvalue weighted by molar-refractivity contribution is -0.114. The first-order valence-electron chi connectivity index (χ1n) is 13.4. The van der Waals surface area contributed by atoms with Gasteiger partial charge in [0.05, 0.1) is 11.2 Å². The molecule has 42 heavy (non-hydrogen) atoms. The molecule has 1 aromatic heterocycles. The van der Waals surface area contributed by atoms with E-state index < -0.39 is 11.7 Å². The molecule has 0 unspecified atom stereocenters. The van der Waals surface area contributed by atoms with E-state index in [1.807, 2.05) is 66.7 Å². The number of nitrogens with zero attached hydrogens (tertiary/aromatic N) is 4. The molecule has 0 N–H and O–H groups in total. The second kappa shape index (κ2) is 18.3. The zero-order valence-electron chi connectivity index (χ0n) is 23.8. The Morgan fingerprint density at radius 2 is 1.64 bits per heavy atom. The van der Waals surface area contributed by atoms with Crippen LogP contribution in [-0.2, 0) is 22.4 Å². The standard InChI is InChI=1S/C28H21ClN4O2.C3H8.C2H4OS/c29-23-14-12-22-13-16-24(31-26(22)18-23)15-11-20-6-3-5-19(17-20)7-4-9-21-8-1-2-10-25(21)27(34)28(35)32-33-30;1-3-2;1-2(3)4/h1-3,5-6,8,10-18H,4,7,9H2;3H2,1-2H3;1H3,(H,3,4)/b15-11+;;. The summed E-state index contributed by atoms with van der Waals surface area (Å²) in [6.45, 7) is 5.64. The third kappa shape index (κ3) is 11.7. The van der Waals surface area contributed by atoms with Gasteiger partial charge in [-0.1, -0.05) is 98.6 Å². The lowest BCUT2D eigenvalue weighted by Gasteiger charge is -2.08. The molecule has 3 aromatic carbocycles. The number of ketones is 1. The Morgan fingerprint density at radius 1 is 0.952 bits per heavy atom. The summed E-state index contributed by atoms with van der Waals surface area (Å²) in [7, 11) is 0. The third-order valence-electron chi connectivity index (χ3n) is 5.58. The third-order valence-corrected chi connectivity index (χ3v) is 5.81. The summed E-state index contributed by atoms with van der Waals surface area (Å²) in [6, 6.07) is 24.8. The molecule has 0 aliphatic carbocycles. The van der Waals surface area contributed by atoms with E-state index in [4.69, 9.17) is 17.1 Å². The Bertz CT molecular complexity index is 1610. The maximum absolute atomic E-state index is 12.3. The largest absolute Gasteiger partial charge is 0.289 e. The Balaban J connectivity index is 0.000000797. The average Bonchev–Trinajstić information content (AvgIpc) is 2.96. The summed E-state index contributed by atoms with van der Waals surface area (Å²) in [5.41, 5.74) is 13.4. The number of amides is 1. The number of thiol groups is 1. The van der Waals surface area contributed by atoms with Crippen molar-refractivity contribution in [3.63, 3.8) is 0 Å². The lowest BCUT2D eigenvalue weighted by atomic mass is 9.97. The number of rotatable bonds is 8. The van der Waals surface area contributed by atoms with E-state index in [0.29, 0.717) is 11.4 Å². The molecule has 4 aromatic rings. The van der Waals surface area contributed by atoms with Gasteiger partial charge in [-0.3, -0.25) is 14.4 Å². The normalized spacial score (nSPS) is 10.1. The van der Waals surface area contributed by atoms with Crippen molar-refractivity contribution in [2.45, 2.75) is 46.5 Å². The molecule has 4 rings (SSSR count). The van der Waals surface area contributed by atoms with E-state index in [1.165, 1.54) is 18.9 Å². The van der Waals surface area contributed by atoms with Crippen LogP contribution in [-0.4, -0.2) is 21.8 Å². The number of carbonyl (C=O) groups is 3. The van der Waals surface area contributed by atoms with Gasteiger partial charge in [0.25, 0.3) is 5.91 Å². The van der Waals surface area contributed by atoms with Gasteiger partial charge in [0.1, 0.15) is 0 Å². The molecule has 216 valence electrons. The number of aromatic nitrogens is 1. The molecule has 0 bridgehead atoms. The number of pyridine rings is 1. The maximum atomic E-state index is 12.3. The smallest absolute Gasteiger partial charge is 0.288 e. The molecule has 0 spiro atoms. The number of azide groups is 1. The van der Waals surface area contributed by atoms with Gasteiger partial charge >= 0.3 is 0 Å². The van der Waals surface area contributed by atoms with Crippen LogP contribution in [0.1, 0.15) is 66.4 Å². The zero-order chi connectivity index (χ0) is 30.9. The number of hydrogen-bond donors (Lipinski definition) is 1. The summed E-state index contributed by atoms with van der Waals surface area (Å²) in [6.07, 6.45) is 7.47. The predicted octanol–water partition coefficient (Wildman–Crippen LogP) is 9.13. The van der Waals surface area contributed by atoms with Gasteiger partial charge in [-0.05, 0) is 70.9 Å². The fourth-order valence-corrected chi connectivity index (χ4v) is 4.04. The molecule has 0 saturated heterocycles. The summed E-state index contributed by atoms with van der Waals surface area (Å²) in [4.78, 5) is 40.3. The fraction of sp³-hybridized carbons (Fsp3) is 0.212. The van der Waals surface area contributed by atoms with E-state index in [-0.39, 0.29) is 10.7 Å². The SMILES string of the molecule is CC(=O)S.CCC.[N-]=[N+]=NC(=O)C(=O)c1ccccc1CCCc1cccc(/C=C/c2ccc3ccc(Cl)cc3n2)c1. The number of Topliss-reactive ketones (excluding diaryl/α,β-unsaturated/α-hetero) is 1. The van der Waals surface area contributed by atoms with E-state index in [0.717, 1.165) is 40.6 Å². The minimum atomic E-state index is -1.09. The highest BCUT2D eigenvalue weighted by Crippen LogP contribution is 2.20. The van der Waals surface area contributed by atoms with Crippen LogP contribution in [0.2, 0.25) is 5.02 Å². The maximum Gasteiger partial charge on any atom is 0.289 e. The molecule has 7 nitrogen and oxygen atoms in total. The summed E-state index contributed by atoms with van der Waals surface area (Å²) < 4.78 is 0. The number of benzene rings is 3. The van der Waals surface area contributed by atoms with Gasteiger partial charge in [-0.2, -0.15) is 0 Å². The van der Waals surface area contributed by atoms with E-state index >= 15 is 0 Å². The Hall–Kier alpha value is -4.23. The molecule has 1 amide bonds. The minimum Gasteiger partial charge on any atom is -0.288 e. The highest BCUT2D eigenvalue weighted by Gasteiger charge is 2.17. The van der Waals surface area contributed by atoms with Gasteiger partial charge in [0, 0.05) is 27.8 Å². The number of fused-ring (bicyclic) bond motifs is 1. The molecule has 0 atom stereocenters. The number of halogens is 1. The number of aryl methyl sites for hydroxylation is 2. The van der Waals surface area contributed by atoms with Gasteiger partial charge in [-0.15, -0.1) is 12.6 Å². The Kier molecular flexibility index (Phi) is 14.8. The molecular weight excluding hydrogens is 568 g/mol. The van der Waals surface area contributed by atoms with Gasteiger partial charge < -0.3 is 0 Å². The van der Waals surface area contributed by atoms with Crippen LogP contribution in [0.15, 0.2) is 84.0 Å². The van der Waals surface area contributed by atoms with Crippen molar-refractivity contribution in [2.75, 3.05) is 0 Å². The van der Waals surface area contributed by atoms with Crippen LogP contribution < -0.4 is 0 Å². The molecule has 0 aliphatic rings. The first-order chi connectivity index (χ1) is 20.2. The average molecular weight is 601 g/mol. The first kappa shape index (κ1) is 34.0. The molecule has 0 fully saturated rings. The van der Waals surface area contributed by atoms with Crippen LogP contribution in [0.25, 0.3) is 33.5 Å². The first-order valence-corrected chi connectivity index (χ1v) is 14.3. The van der Waals surface area contributed by atoms with Crippen LogP contribution in [0.3, 0.4) is 0 Å². The van der Waals surface area contributed by atoms with Crippen molar-refractivity contribution in [1.82, 2.24) is 4.98 Å². The minimum absolute atomic E-state index is 0.139. The van der Waals surface area contributed by atoms with Gasteiger partial charge in [-0.25, -0.2) is 4.98 Å². The molecule has 0 saturated carbocycles. The van der Waals surface area contributed by atoms with Crippen molar-refractivity contribution in [3.8, 4) is 0 Å². The zero-order valence-corrected chi connectivity index (χ0v) is 25.5. The molecule has 0 aliphatic heterocycles. The molecule has 1 heterocycles. The van der Waals surface area contributed by atoms with Crippen molar-refractivity contribution in [1.29, 1.82) is 0 Å². The van der Waals surface area contributed by atoms with E-state index in [9.17, 15) is 14.4 Å². The number of carbonyl (C=O) groups excluding carboxylic acids is 3. The fourth-order valence-electron chi connectivity index (χ4n) is 3.88. The Morgan fingerprint density at radius 3 is 2.36 bits per heavy atom. The second-order valence-electron chi connectivity index (χ2n) is 9.21. The summed E-state index contributed by atoms with van der Waals surface area (Å²) in [5, 5.41) is 4.48. The Labute approximate surface area is 256 Å². The van der Waals surface area contributed by atoms with Crippen LogP contribution in [0.5, 0.6) is 0 Å². The predicted molar refractivity (Wildman–Crippen MR) is 175 cm³/mol. The quantitative estimate of drug-likeness (QED) is 0.0542. The topological polar surface area (TPSA) is 113 Å². The van der Waals surface area contributed by atoms with Crippen LogP contribution in [0.4, 0.5) is 0 Å².